The summed E-state index contributed by atoms with van der Waals surface area (Å²) in [7, 11) is 0. The fraction of sp³-hybridized carbons (Fsp3) is 0.643. The Hall–Kier alpha value is -1.61. The first-order chi connectivity index (χ1) is 10.7. The van der Waals surface area contributed by atoms with Crippen LogP contribution in [-0.2, 0) is 11.3 Å². The summed E-state index contributed by atoms with van der Waals surface area (Å²) in [5.74, 6) is 0.475. The summed E-state index contributed by atoms with van der Waals surface area (Å²) < 4.78 is 5.72. The minimum Gasteiger partial charge on any atom is -0.444 e. The van der Waals surface area contributed by atoms with Crippen LogP contribution in [0.3, 0.4) is 0 Å². The van der Waals surface area contributed by atoms with E-state index in [-0.39, 0.29) is 18.2 Å². The Morgan fingerprint density at radius 2 is 1.96 bits per heavy atom. The van der Waals surface area contributed by atoms with Crippen molar-refractivity contribution in [3.63, 3.8) is 0 Å². The van der Waals surface area contributed by atoms with Gasteiger partial charge < -0.3 is 20.3 Å². The Bertz CT molecular complexity index is 632. The van der Waals surface area contributed by atoms with Crippen molar-refractivity contribution in [2.75, 3.05) is 31.1 Å². The highest BCUT2D eigenvalue weighted by atomic mass is 79.9. The van der Waals surface area contributed by atoms with Gasteiger partial charge in [0.05, 0.1) is 5.69 Å². The molecule has 3 N–H and O–H groups in total. The van der Waals surface area contributed by atoms with Gasteiger partial charge in [0.2, 0.25) is 5.95 Å². The maximum Gasteiger partial charge on any atom is 0.410 e. The van der Waals surface area contributed by atoms with E-state index in [1.807, 2.05) is 25.7 Å². The molecular formula is C14H22BrN5O3. The molecule has 1 aromatic heterocycles. The Morgan fingerprint density at radius 1 is 1.35 bits per heavy atom. The molecule has 2 rings (SSSR count). The van der Waals surface area contributed by atoms with E-state index in [1.54, 1.807) is 4.90 Å². The minimum atomic E-state index is -0.511. The smallest absolute Gasteiger partial charge is 0.410 e. The first-order valence-electron chi connectivity index (χ1n) is 7.43. The van der Waals surface area contributed by atoms with E-state index >= 15 is 0 Å². The van der Waals surface area contributed by atoms with Gasteiger partial charge >= 0.3 is 6.09 Å². The lowest BCUT2D eigenvalue weighted by atomic mass is 10.2. The lowest BCUT2D eigenvalue weighted by Gasteiger charge is -2.35. The normalized spacial score (nSPS) is 15.7. The highest BCUT2D eigenvalue weighted by Gasteiger charge is 2.27. The van der Waals surface area contributed by atoms with Gasteiger partial charge in [-0.2, -0.15) is 0 Å². The average molecular weight is 388 g/mol. The van der Waals surface area contributed by atoms with Crippen LogP contribution in [-0.4, -0.2) is 52.7 Å². The summed E-state index contributed by atoms with van der Waals surface area (Å²) in [6.45, 7) is 7.83. The summed E-state index contributed by atoms with van der Waals surface area (Å²) in [6.07, 6.45) is -0.322. The van der Waals surface area contributed by atoms with Crippen LogP contribution in [0.25, 0.3) is 0 Å². The number of aromatic nitrogens is 2. The molecule has 2 heterocycles. The van der Waals surface area contributed by atoms with Crippen molar-refractivity contribution in [2.45, 2.75) is 32.9 Å². The topological polar surface area (TPSA) is 105 Å². The number of halogens is 1. The van der Waals surface area contributed by atoms with Gasteiger partial charge in [0.15, 0.2) is 0 Å². The van der Waals surface area contributed by atoms with E-state index in [1.165, 1.54) is 0 Å². The second-order valence-corrected chi connectivity index (χ2v) is 7.10. The molecule has 0 aliphatic carbocycles. The fourth-order valence-corrected chi connectivity index (χ4v) is 2.55. The molecule has 1 saturated heterocycles. The fourth-order valence-electron chi connectivity index (χ4n) is 2.20. The zero-order valence-electron chi connectivity index (χ0n) is 13.6. The lowest BCUT2D eigenvalue weighted by molar-refractivity contribution is 0.0240. The first-order valence-corrected chi connectivity index (χ1v) is 8.22. The molecule has 128 valence electrons. The number of amides is 1. The highest BCUT2D eigenvalue weighted by Crippen LogP contribution is 2.16. The molecule has 9 heteroatoms. The van der Waals surface area contributed by atoms with Gasteiger partial charge in [0.1, 0.15) is 10.1 Å². The number of nitrogens with one attached hydrogen (secondary N) is 1. The van der Waals surface area contributed by atoms with Crippen molar-refractivity contribution in [3.05, 3.63) is 20.5 Å². The number of rotatable bonds is 2. The maximum atomic E-state index is 12.0. The number of piperazine rings is 1. The highest BCUT2D eigenvalue weighted by molar-refractivity contribution is 9.10. The summed E-state index contributed by atoms with van der Waals surface area (Å²) in [5.41, 5.74) is 5.35. The molecule has 0 unspecified atom stereocenters. The Kier molecular flexibility index (Phi) is 5.30. The van der Waals surface area contributed by atoms with Gasteiger partial charge in [-0.25, -0.2) is 9.78 Å². The second-order valence-electron chi connectivity index (χ2n) is 6.31. The number of hydrogen-bond acceptors (Lipinski definition) is 6. The number of nitrogens with two attached hydrogens (primary N) is 1. The molecule has 23 heavy (non-hydrogen) atoms. The van der Waals surface area contributed by atoms with Crippen LogP contribution in [0, 0.1) is 0 Å². The van der Waals surface area contributed by atoms with Crippen LogP contribution in [0.15, 0.2) is 9.27 Å². The van der Waals surface area contributed by atoms with Crippen LogP contribution in [0.4, 0.5) is 10.7 Å². The second kappa shape index (κ2) is 6.88. The van der Waals surface area contributed by atoms with Gasteiger partial charge in [0.25, 0.3) is 5.56 Å². The molecule has 0 spiro atoms. The number of carbonyl (C=O) groups is 1. The molecule has 0 aromatic carbocycles. The van der Waals surface area contributed by atoms with Gasteiger partial charge in [0, 0.05) is 32.7 Å². The zero-order valence-corrected chi connectivity index (χ0v) is 15.1. The SMILES string of the molecule is CC(C)(C)OC(=O)N1CCN(c2nc(CN)c(Br)c(=O)[nH]2)CC1. The van der Waals surface area contributed by atoms with E-state index in [9.17, 15) is 9.59 Å². The van der Waals surface area contributed by atoms with Crippen molar-refractivity contribution < 1.29 is 9.53 Å². The van der Waals surface area contributed by atoms with Crippen LogP contribution >= 0.6 is 15.9 Å². The molecule has 1 aromatic rings. The van der Waals surface area contributed by atoms with E-state index in [0.29, 0.717) is 42.3 Å². The molecule has 1 aliphatic rings. The van der Waals surface area contributed by atoms with Crippen LogP contribution in [0.2, 0.25) is 0 Å². The predicted octanol–water partition coefficient (Wildman–Crippen LogP) is 1.05. The standard InChI is InChI=1S/C14H22BrN5O3/c1-14(2,3)23-13(22)20-6-4-19(5-7-20)12-17-9(8-16)10(15)11(21)18-12/h4-8,16H2,1-3H3,(H,17,18,21). The third kappa shape index (κ3) is 4.44. The zero-order chi connectivity index (χ0) is 17.2. The molecule has 0 bridgehead atoms. The van der Waals surface area contributed by atoms with Gasteiger partial charge in [-0.15, -0.1) is 0 Å². The van der Waals surface area contributed by atoms with Crippen LogP contribution in [0.5, 0.6) is 0 Å². The monoisotopic (exact) mass is 387 g/mol. The summed E-state index contributed by atoms with van der Waals surface area (Å²) >= 11 is 3.18. The van der Waals surface area contributed by atoms with Gasteiger partial charge in [-0.3, -0.25) is 9.78 Å². The third-order valence-electron chi connectivity index (χ3n) is 3.34. The van der Waals surface area contributed by atoms with Crippen molar-refractivity contribution in [1.82, 2.24) is 14.9 Å². The molecule has 8 nitrogen and oxygen atoms in total. The number of aromatic amines is 1. The third-order valence-corrected chi connectivity index (χ3v) is 4.16. The van der Waals surface area contributed by atoms with E-state index in [2.05, 4.69) is 25.9 Å². The number of carbonyl (C=O) groups excluding carboxylic acids is 1. The largest absolute Gasteiger partial charge is 0.444 e. The first kappa shape index (κ1) is 17.7. The number of anilines is 1. The molecule has 0 saturated carbocycles. The summed E-state index contributed by atoms with van der Waals surface area (Å²) in [6, 6.07) is 0. The molecule has 1 amide bonds. The number of H-pyrrole nitrogens is 1. The predicted molar refractivity (Wildman–Crippen MR) is 90.5 cm³/mol. The number of hydrogen-bond donors (Lipinski definition) is 2. The quantitative estimate of drug-likeness (QED) is 0.785. The summed E-state index contributed by atoms with van der Waals surface area (Å²) in [5, 5.41) is 0. The molecule has 1 fully saturated rings. The Labute approximate surface area is 143 Å². The van der Waals surface area contributed by atoms with Crippen molar-refractivity contribution in [3.8, 4) is 0 Å². The van der Waals surface area contributed by atoms with Crippen molar-refractivity contribution in [2.24, 2.45) is 5.73 Å². The van der Waals surface area contributed by atoms with E-state index in [4.69, 9.17) is 10.5 Å². The van der Waals surface area contributed by atoms with Gasteiger partial charge in [-0.1, -0.05) is 0 Å². The molecule has 1 aliphatic heterocycles. The lowest BCUT2D eigenvalue weighted by Crippen LogP contribution is -2.50. The van der Waals surface area contributed by atoms with Crippen LogP contribution < -0.4 is 16.2 Å². The molecular weight excluding hydrogens is 366 g/mol. The molecule has 0 atom stereocenters. The Balaban J connectivity index is 2.04. The van der Waals surface area contributed by atoms with E-state index < -0.39 is 5.60 Å². The van der Waals surface area contributed by atoms with Gasteiger partial charge in [-0.05, 0) is 36.7 Å². The van der Waals surface area contributed by atoms with Crippen molar-refractivity contribution in [1.29, 1.82) is 0 Å². The number of nitrogens with zero attached hydrogens (tertiary/aromatic N) is 3. The summed E-state index contributed by atoms with van der Waals surface area (Å²) in [4.78, 5) is 34.6. The minimum absolute atomic E-state index is 0.176. The number of ether oxygens (including phenoxy) is 1. The van der Waals surface area contributed by atoms with Crippen LogP contribution in [0.1, 0.15) is 26.5 Å². The maximum absolute atomic E-state index is 12.0. The molecule has 0 radical (unpaired) electrons. The average Bonchev–Trinajstić information content (AvgIpc) is 2.48. The Morgan fingerprint density at radius 3 is 2.48 bits per heavy atom. The van der Waals surface area contributed by atoms with E-state index in [0.717, 1.165) is 0 Å². The van der Waals surface area contributed by atoms with Crippen molar-refractivity contribution >= 4 is 28.0 Å².